The van der Waals surface area contributed by atoms with Crippen molar-refractivity contribution in [1.29, 1.82) is 5.26 Å². The fourth-order valence-electron chi connectivity index (χ4n) is 3.93. The molecule has 3 rings (SSSR count). The first-order valence-electron chi connectivity index (χ1n) is 11.3. The third-order valence-electron chi connectivity index (χ3n) is 5.57. The van der Waals surface area contributed by atoms with E-state index < -0.39 is 18.0 Å². The van der Waals surface area contributed by atoms with Crippen molar-refractivity contribution < 1.29 is 9.53 Å². The van der Waals surface area contributed by atoms with E-state index in [0.29, 0.717) is 15.6 Å². The van der Waals surface area contributed by atoms with Crippen molar-refractivity contribution in [1.82, 2.24) is 0 Å². The molecular formula is C28H28Cl2N2O2. The largest absolute Gasteiger partial charge is 0.441 e. The second-order valence-corrected chi connectivity index (χ2v) is 9.32. The highest BCUT2D eigenvalue weighted by Gasteiger charge is 2.29. The Morgan fingerprint density at radius 2 is 1.56 bits per heavy atom. The van der Waals surface area contributed by atoms with Crippen LogP contribution in [0.5, 0.6) is 0 Å². The lowest BCUT2D eigenvalue weighted by molar-refractivity contribution is -0.150. The Balaban J connectivity index is 1.87. The summed E-state index contributed by atoms with van der Waals surface area (Å²) in [5, 5.41) is 11.1. The van der Waals surface area contributed by atoms with Crippen molar-refractivity contribution in [2.75, 3.05) is 11.4 Å². The molecule has 2 unspecified atom stereocenters. The van der Waals surface area contributed by atoms with Gasteiger partial charge in [-0.05, 0) is 66.4 Å². The Morgan fingerprint density at radius 3 is 2.12 bits per heavy atom. The molecule has 0 radical (unpaired) electrons. The molecule has 34 heavy (non-hydrogen) atoms. The molecule has 0 saturated heterocycles. The Morgan fingerprint density at radius 1 is 0.941 bits per heavy atom. The van der Waals surface area contributed by atoms with E-state index in [9.17, 15) is 10.1 Å². The zero-order valence-corrected chi connectivity index (χ0v) is 21.1. The van der Waals surface area contributed by atoms with Crippen LogP contribution in [-0.2, 0) is 9.53 Å². The van der Waals surface area contributed by atoms with Gasteiger partial charge in [-0.2, -0.15) is 5.26 Å². The van der Waals surface area contributed by atoms with Crippen molar-refractivity contribution in [3.63, 3.8) is 0 Å². The highest BCUT2D eigenvalue weighted by Crippen LogP contribution is 2.32. The predicted molar refractivity (Wildman–Crippen MR) is 139 cm³/mol. The summed E-state index contributed by atoms with van der Waals surface area (Å²) in [6.07, 6.45) is -0.0876. The third kappa shape index (κ3) is 6.32. The number of hydrogen-bond donors (Lipinski definition) is 0. The summed E-state index contributed by atoms with van der Waals surface area (Å²) < 4.78 is 5.74. The van der Waals surface area contributed by atoms with E-state index in [1.807, 2.05) is 74.5 Å². The van der Waals surface area contributed by atoms with Crippen molar-refractivity contribution in [2.45, 2.75) is 39.2 Å². The van der Waals surface area contributed by atoms with Crippen LogP contribution < -0.4 is 4.90 Å². The van der Waals surface area contributed by atoms with Gasteiger partial charge in [0.15, 0.2) is 0 Å². The molecule has 0 aliphatic carbocycles. The SMILES string of the molecule is CCCN(c1ccc(Cl)cc1)c1cccc(C(C#N)OC(=O)C(c2ccc(Cl)cc2)C(C)C)c1. The van der Waals surface area contributed by atoms with E-state index in [-0.39, 0.29) is 5.92 Å². The average Bonchev–Trinajstić information content (AvgIpc) is 2.83. The number of nitriles is 1. The maximum Gasteiger partial charge on any atom is 0.315 e. The number of ether oxygens (including phenoxy) is 1. The molecular weight excluding hydrogens is 467 g/mol. The number of nitrogens with zero attached hydrogens (tertiary/aromatic N) is 2. The number of carbonyl (C=O) groups excluding carboxylic acids is 1. The van der Waals surface area contributed by atoms with Crippen LogP contribution in [0.2, 0.25) is 10.0 Å². The molecule has 0 saturated carbocycles. The molecule has 176 valence electrons. The average molecular weight is 495 g/mol. The van der Waals surface area contributed by atoms with Gasteiger partial charge in [0.25, 0.3) is 0 Å². The Labute approximate surface area is 211 Å². The highest BCUT2D eigenvalue weighted by molar-refractivity contribution is 6.30. The van der Waals surface area contributed by atoms with Gasteiger partial charge in [0.05, 0.1) is 5.92 Å². The van der Waals surface area contributed by atoms with Crippen LogP contribution >= 0.6 is 23.2 Å². The van der Waals surface area contributed by atoms with Gasteiger partial charge in [0, 0.05) is 33.5 Å². The molecule has 0 aliphatic rings. The van der Waals surface area contributed by atoms with Gasteiger partial charge in [0.1, 0.15) is 6.07 Å². The molecule has 0 aromatic heterocycles. The van der Waals surface area contributed by atoms with Gasteiger partial charge < -0.3 is 9.64 Å². The quantitative estimate of drug-likeness (QED) is 0.282. The van der Waals surface area contributed by atoms with Gasteiger partial charge in [-0.15, -0.1) is 0 Å². The molecule has 0 bridgehead atoms. The van der Waals surface area contributed by atoms with Crippen LogP contribution in [0.25, 0.3) is 0 Å². The third-order valence-corrected chi connectivity index (χ3v) is 6.08. The first kappa shape index (κ1) is 25.6. The monoisotopic (exact) mass is 494 g/mol. The summed E-state index contributed by atoms with van der Waals surface area (Å²) in [7, 11) is 0. The minimum absolute atomic E-state index is 0.00990. The van der Waals surface area contributed by atoms with E-state index >= 15 is 0 Å². The maximum atomic E-state index is 13.2. The zero-order valence-electron chi connectivity index (χ0n) is 19.5. The lowest BCUT2D eigenvalue weighted by atomic mass is 9.88. The summed E-state index contributed by atoms with van der Waals surface area (Å²) in [6, 6.07) is 24.5. The molecule has 0 heterocycles. The van der Waals surface area contributed by atoms with Gasteiger partial charge in [-0.1, -0.05) is 68.2 Å². The second kappa shape index (κ2) is 11.9. The lowest BCUT2D eigenvalue weighted by Gasteiger charge is -2.26. The summed E-state index contributed by atoms with van der Waals surface area (Å²) in [5.74, 6) is -0.941. The predicted octanol–water partition coefficient (Wildman–Crippen LogP) is 8.09. The fourth-order valence-corrected chi connectivity index (χ4v) is 4.18. The molecule has 3 aromatic carbocycles. The standard InChI is InChI=1S/C28H28Cl2N2O2/c1-4-16-32(24-14-12-23(30)13-15-24)25-7-5-6-21(17-25)26(18-31)34-28(33)27(19(2)3)20-8-10-22(29)11-9-20/h5-15,17,19,26-27H,4,16H2,1-3H3. The summed E-state index contributed by atoms with van der Waals surface area (Å²) >= 11 is 12.1. The minimum atomic E-state index is -1.02. The molecule has 0 amide bonds. The van der Waals surface area contributed by atoms with E-state index in [1.165, 1.54) is 0 Å². The van der Waals surface area contributed by atoms with E-state index in [0.717, 1.165) is 29.9 Å². The Kier molecular flexibility index (Phi) is 8.98. The Hall–Kier alpha value is -3.00. The number of benzene rings is 3. The first-order valence-corrected chi connectivity index (χ1v) is 12.1. The number of rotatable bonds is 9. The molecule has 4 nitrogen and oxygen atoms in total. The topological polar surface area (TPSA) is 53.3 Å². The fraction of sp³-hybridized carbons (Fsp3) is 0.286. The van der Waals surface area contributed by atoms with E-state index in [1.54, 1.807) is 12.1 Å². The maximum absolute atomic E-state index is 13.2. The van der Waals surface area contributed by atoms with Crippen molar-refractivity contribution in [3.8, 4) is 6.07 Å². The van der Waals surface area contributed by atoms with Crippen LogP contribution in [0.4, 0.5) is 11.4 Å². The molecule has 0 fully saturated rings. The van der Waals surface area contributed by atoms with Crippen LogP contribution in [0.1, 0.15) is 50.3 Å². The number of halogens is 2. The van der Waals surface area contributed by atoms with Gasteiger partial charge in [0.2, 0.25) is 6.10 Å². The molecule has 6 heteroatoms. The van der Waals surface area contributed by atoms with Crippen LogP contribution in [0.15, 0.2) is 72.8 Å². The van der Waals surface area contributed by atoms with Crippen molar-refractivity contribution in [2.24, 2.45) is 5.92 Å². The highest BCUT2D eigenvalue weighted by atomic mass is 35.5. The summed E-state index contributed by atoms with van der Waals surface area (Å²) in [6.45, 7) is 6.80. The Bertz CT molecular complexity index is 1140. The van der Waals surface area contributed by atoms with Crippen molar-refractivity contribution in [3.05, 3.63) is 94.0 Å². The van der Waals surface area contributed by atoms with Crippen LogP contribution in [-0.4, -0.2) is 12.5 Å². The first-order chi connectivity index (χ1) is 16.3. The molecule has 3 aromatic rings. The van der Waals surface area contributed by atoms with E-state index in [2.05, 4.69) is 17.9 Å². The number of anilines is 2. The van der Waals surface area contributed by atoms with Crippen LogP contribution in [0.3, 0.4) is 0 Å². The molecule has 0 N–H and O–H groups in total. The van der Waals surface area contributed by atoms with Crippen LogP contribution in [0, 0.1) is 17.2 Å². The molecule has 0 spiro atoms. The normalized spacial score (nSPS) is 12.6. The minimum Gasteiger partial charge on any atom is -0.441 e. The zero-order chi connectivity index (χ0) is 24.7. The van der Waals surface area contributed by atoms with Gasteiger partial charge >= 0.3 is 5.97 Å². The summed E-state index contributed by atoms with van der Waals surface area (Å²) in [4.78, 5) is 15.3. The van der Waals surface area contributed by atoms with Crippen molar-refractivity contribution >= 4 is 40.5 Å². The lowest BCUT2D eigenvalue weighted by Crippen LogP contribution is -2.23. The summed E-state index contributed by atoms with van der Waals surface area (Å²) in [5.41, 5.74) is 3.35. The molecule has 2 atom stereocenters. The number of hydrogen-bond acceptors (Lipinski definition) is 4. The number of carbonyl (C=O) groups is 1. The van der Waals surface area contributed by atoms with Gasteiger partial charge in [-0.25, -0.2) is 0 Å². The van der Waals surface area contributed by atoms with E-state index in [4.69, 9.17) is 27.9 Å². The second-order valence-electron chi connectivity index (χ2n) is 8.44. The van der Waals surface area contributed by atoms with Gasteiger partial charge in [-0.3, -0.25) is 4.79 Å². The number of esters is 1. The molecule has 0 aliphatic heterocycles. The smallest absolute Gasteiger partial charge is 0.315 e.